The molecule has 4 nitrogen and oxygen atoms in total. The zero-order valence-electron chi connectivity index (χ0n) is 14.1. The molecule has 5 heteroatoms. The van der Waals surface area contributed by atoms with Gasteiger partial charge in [-0.25, -0.2) is 4.98 Å². The average Bonchev–Trinajstić information content (AvgIpc) is 3.04. The molecule has 2 heterocycles. The number of carbonyl (C=O) groups excluding carboxylic acids is 1. The van der Waals surface area contributed by atoms with Gasteiger partial charge in [0.2, 0.25) is 5.91 Å². The van der Waals surface area contributed by atoms with Gasteiger partial charge in [-0.05, 0) is 43.0 Å². The average molecular weight is 356 g/mol. The first kappa shape index (κ1) is 17.5. The zero-order valence-corrected chi connectivity index (χ0v) is 14.9. The lowest BCUT2D eigenvalue weighted by Gasteiger charge is -2.06. The topological polar surface area (TPSA) is 46.4 Å². The molecule has 0 saturated heterocycles. The van der Waals surface area contributed by atoms with Crippen LogP contribution in [0.25, 0.3) is 5.52 Å². The number of benzene rings is 1. The Hall–Kier alpha value is -2.33. The number of amides is 1. The van der Waals surface area contributed by atoms with Crippen LogP contribution in [-0.2, 0) is 17.6 Å². The molecule has 0 aliphatic heterocycles. The molecule has 0 saturated carbocycles. The van der Waals surface area contributed by atoms with Crippen molar-refractivity contribution in [3.8, 4) is 0 Å². The lowest BCUT2D eigenvalue weighted by molar-refractivity contribution is -0.121. The summed E-state index contributed by atoms with van der Waals surface area (Å²) in [5, 5.41) is 3.76. The highest BCUT2D eigenvalue weighted by Crippen LogP contribution is 2.17. The minimum Gasteiger partial charge on any atom is -0.356 e. The third-order valence-corrected chi connectivity index (χ3v) is 4.59. The first-order chi connectivity index (χ1) is 12.2. The highest BCUT2D eigenvalue weighted by Gasteiger charge is 2.05. The summed E-state index contributed by atoms with van der Waals surface area (Å²) in [6.45, 7) is 0.673. The number of imidazole rings is 1. The summed E-state index contributed by atoms with van der Waals surface area (Å²) in [7, 11) is 0. The third kappa shape index (κ3) is 4.83. The number of aryl methyl sites for hydroxylation is 2. The summed E-state index contributed by atoms with van der Waals surface area (Å²) in [4.78, 5) is 16.4. The van der Waals surface area contributed by atoms with Crippen molar-refractivity contribution in [2.75, 3.05) is 6.54 Å². The van der Waals surface area contributed by atoms with Crippen LogP contribution in [0.1, 0.15) is 30.7 Å². The lowest BCUT2D eigenvalue weighted by Crippen LogP contribution is -2.24. The number of halogens is 1. The largest absolute Gasteiger partial charge is 0.356 e. The van der Waals surface area contributed by atoms with Crippen molar-refractivity contribution in [1.29, 1.82) is 0 Å². The molecule has 0 atom stereocenters. The van der Waals surface area contributed by atoms with Crippen molar-refractivity contribution < 1.29 is 4.79 Å². The second-order valence-corrected chi connectivity index (χ2v) is 6.48. The first-order valence-electron chi connectivity index (χ1n) is 8.65. The highest BCUT2D eigenvalue weighted by molar-refractivity contribution is 6.31. The van der Waals surface area contributed by atoms with Crippen molar-refractivity contribution in [2.45, 2.75) is 32.1 Å². The van der Waals surface area contributed by atoms with Crippen LogP contribution < -0.4 is 5.32 Å². The molecule has 130 valence electrons. The molecule has 0 aliphatic rings. The van der Waals surface area contributed by atoms with E-state index in [-0.39, 0.29) is 5.91 Å². The SMILES string of the molecule is O=C(CCCc1ccccc1Cl)NCCCc1ncc2ccccn12. The van der Waals surface area contributed by atoms with E-state index in [1.165, 1.54) is 0 Å². The van der Waals surface area contributed by atoms with Gasteiger partial charge in [-0.2, -0.15) is 0 Å². The van der Waals surface area contributed by atoms with Crippen LogP contribution in [0.3, 0.4) is 0 Å². The maximum absolute atomic E-state index is 11.9. The maximum Gasteiger partial charge on any atom is 0.220 e. The molecule has 1 amide bonds. The van der Waals surface area contributed by atoms with Crippen LogP contribution >= 0.6 is 11.6 Å². The van der Waals surface area contributed by atoms with E-state index < -0.39 is 0 Å². The van der Waals surface area contributed by atoms with E-state index in [0.717, 1.165) is 47.6 Å². The quantitative estimate of drug-likeness (QED) is 0.619. The van der Waals surface area contributed by atoms with Crippen molar-refractivity contribution in [3.05, 3.63) is 71.3 Å². The number of aromatic nitrogens is 2. The molecule has 0 fully saturated rings. The van der Waals surface area contributed by atoms with Crippen LogP contribution in [0, 0.1) is 0 Å². The van der Waals surface area contributed by atoms with E-state index in [4.69, 9.17) is 11.6 Å². The summed E-state index contributed by atoms with van der Waals surface area (Å²) >= 11 is 6.12. The van der Waals surface area contributed by atoms with Crippen LogP contribution in [0.4, 0.5) is 0 Å². The lowest BCUT2D eigenvalue weighted by atomic mass is 10.1. The predicted octanol–water partition coefficient (Wildman–Crippen LogP) is 4.06. The Bertz CT molecular complexity index is 844. The molecule has 0 bridgehead atoms. The van der Waals surface area contributed by atoms with Crippen LogP contribution in [0.5, 0.6) is 0 Å². The number of nitrogens with zero attached hydrogens (tertiary/aromatic N) is 2. The molecular formula is C20H22ClN3O. The Morgan fingerprint density at radius 1 is 1.08 bits per heavy atom. The number of fused-ring (bicyclic) bond motifs is 1. The predicted molar refractivity (Wildman–Crippen MR) is 101 cm³/mol. The van der Waals surface area contributed by atoms with Gasteiger partial charge in [0, 0.05) is 30.6 Å². The van der Waals surface area contributed by atoms with Crippen molar-refractivity contribution in [2.24, 2.45) is 0 Å². The van der Waals surface area contributed by atoms with Gasteiger partial charge in [0.15, 0.2) is 0 Å². The van der Waals surface area contributed by atoms with E-state index in [1.54, 1.807) is 0 Å². The molecule has 0 aliphatic carbocycles. The Morgan fingerprint density at radius 3 is 2.80 bits per heavy atom. The van der Waals surface area contributed by atoms with E-state index in [0.29, 0.717) is 13.0 Å². The van der Waals surface area contributed by atoms with Crippen molar-refractivity contribution in [3.63, 3.8) is 0 Å². The standard InChI is InChI=1S/C20H22ClN3O/c21-18-10-2-1-7-16(18)8-5-12-20(25)22-13-6-11-19-23-15-17-9-3-4-14-24(17)19/h1-4,7,9-10,14-15H,5-6,8,11-13H2,(H,22,25). The van der Waals surface area contributed by atoms with Gasteiger partial charge in [-0.15, -0.1) is 0 Å². The minimum absolute atomic E-state index is 0.0972. The Morgan fingerprint density at radius 2 is 1.92 bits per heavy atom. The fraction of sp³-hybridized carbons (Fsp3) is 0.300. The smallest absolute Gasteiger partial charge is 0.220 e. The van der Waals surface area contributed by atoms with E-state index >= 15 is 0 Å². The van der Waals surface area contributed by atoms with Gasteiger partial charge in [0.25, 0.3) is 0 Å². The van der Waals surface area contributed by atoms with E-state index in [2.05, 4.69) is 14.7 Å². The van der Waals surface area contributed by atoms with E-state index in [1.807, 2.05) is 54.9 Å². The minimum atomic E-state index is 0.0972. The molecule has 25 heavy (non-hydrogen) atoms. The normalized spacial score (nSPS) is 10.9. The number of pyridine rings is 1. The van der Waals surface area contributed by atoms with Gasteiger partial charge < -0.3 is 9.72 Å². The highest BCUT2D eigenvalue weighted by atomic mass is 35.5. The molecular weight excluding hydrogens is 334 g/mol. The third-order valence-electron chi connectivity index (χ3n) is 4.22. The molecule has 1 N–H and O–H groups in total. The molecule has 0 radical (unpaired) electrons. The summed E-state index contributed by atoms with van der Waals surface area (Å²) in [6, 6.07) is 13.8. The van der Waals surface area contributed by atoms with Gasteiger partial charge in [-0.3, -0.25) is 4.79 Å². The molecule has 3 rings (SSSR count). The van der Waals surface area contributed by atoms with Gasteiger partial charge >= 0.3 is 0 Å². The Balaban J connectivity index is 1.35. The number of hydrogen-bond donors (Lipinski definition) is 1. The molecule has 1 aromatic carbocycles. The van der Waals surface area contributed by atoms with E-state index in [9.17, 15) is 4.79 Å². The Labute approximate surface area is 152 Å². The van der Waals surface area contributed by atoms with Crippen LogP contribution in [0.15, 0.2) is 54.9 Å². The van der Waals surface area contributed by atoms with Gasteiger partial charge in [0.1, 0.15) is 5.82 Å². The number of nitrogens with one attached hydrogen (secondary N) is 1. The fourth-order valence-electron chi connectivity index (χ4n) is 2.89. The Kier molecular flexibility index (Phi) is 6.07. The molecule has 0 unspecified atom stereocenters. The molecule has 3 aromatic rings. The number of rotatable bonds is 8. The first-order valence-corrected chi connectivity index (χ1v) is 9.03. The summed E-state index contributed by atoms with van der Waals surface area (Å²) in [6.07, 6.45) is 7.78. The second kappa shape index (κ2) is 8.67. The van der Waals surface area contributed by atoms with Gasteiger partial charge in [0.05, 0.1) is 11.7 Å². The number of carbonyl (C=O) groups is 1. The summed E-state index contributed by atoms with van der Waals surface area (Å²) in [5.74, 6) is 1.13. The number of hydrogen-bond acceptors (Lipinski definition) is 2. The maximum atomic E-state index is 11.9. The summed E-state index contributed by atoms with van der Waals surface area (Å²) in [5.41, 5.74) is 2.20. The van der Waals surface area contributed by atoms with Crippen LogP contribution in [0.2, 0.25) is 5.02 Å². The van der Waals surface area contributed by atoms with Crippen molar-refractivity contribution in [1.82, 2.24) is 14.7 Å². The fourth-order valence-corrected chi connectivity index (χ4v) is 3.12. The summed E-state index contributed by atoms with van der Waals surface area (Å²) < 4.78 is 2.09. The van der Waals surface area contributed by atoms with Crippen LogP contribution in [-0.4, -0.2) is 21.8 Å². The molecule has 2 aromatic heterocycles. The van der Waals surface area contributed by atoms with Crippen molar-refractivity contribution >= 4 is 23.0 Å². The second-order valence-electron chi connectivity index (χ2n) is 6.07. The monoisotopic (exact) mass is 355 g/mol. The molecule has 0 spiro atoms. The van der Waals surface area contributed by atoms with Gasteiger partial charge in [-0.1, -0.05) is 35.9 Å². The zero-order chi connectivity index (χ0) is 17.5.